The van der Waals surface area contributed by atoms with E-state index in [1.165, 1.54) is 28.2 Å². The third kappa shape index (κ3) is 3.34. The molecule has 0 unspecified atom stereocenters. The quantitative estimate of drug-likeness (QED) is 0.408. The van der Waals surface area contributed by atoms with Crippen LogP contribution in [-0.4, -0.2) is 27.1 Å². The van der Waals surface area contributed by atoms with Gasteiger partial charge in [0.25, 0.3) is 5.56 Å². The first-order chi connectivity index (χ1) is 11.6. The Hall–Kier alpha value is -2.59. The average molecular weight is 364 g/mol. The Kier molecular flexibility index (Phi) is 4.67. The maximum Gasteiger partial charge on any atom is 0.305 e. The molecule has 0 fully saturated rings. The summed E-state index contributed by atoms with van der Waals surface area (Å²) in [5.41, 5.74) is 4.97. The van der Waals surface area contributed by atoms with Crippen LogP contribution >= 0.6 is 23.1 Å². The fraction of sp³-hybridized carbons (Fsp3) is 0.143. The first-order valence-electron chi connectivity index (χ1n) is 6.76. The van der Waals surface area contributed by atoms with Gasteiger partial charge < -0.3 is 4.42 Å². The molecule has 3 aromatic rings. The molecule has 0 saturated carbocycles. The van der Waals surface area contributed by atoms with Crippen LogP contribution in [0.4, 0.5) is 0 Å². The van der Waals surface area contributed by atoms with Crippen LogP contribution in [0.1, 0.15) is 10.6 Å². The van der Waals surface area contributed by atoms with Crippen LogP contribution in [0, 0.1) is 0 Å². The largest absolute Gasteiger partial charge is 0.459 e. The summed E-state index contributed by atoms with van der Waals surface area (Å²) in [5, 5.41) is 2.23. The van der Waals surface area contributed by atoms with E-state index in [0.29, 0.717) is 15.4 Å². The molecule has 3 aromatic heterocycles. The number of thiophene rings is 1. The molecule has 0 bridgehead atoms. The van der Waals surface area contributed by atoms with Gasteiger partial charge in [0, 0.05) is 7.05 Å². The second-order valence-corrected chi connectivity index (χ2v) is 6.52. The smallest absolute Gasteiger partial charge is 0.305 e. The number of hydrazine groups is 1. The second kappa shape index (κ2) is 6.89. The van der Waals surface area contributed by atoms with Crippen LogP contribution in [0.25, 0.3) is 10.2 Å². The van der Waals surface area contributed by atoms with Gasteiger partial charge in [-0.2, -0.15) is 0 Å². The summed E-state index contributed by atoms with van der Waals surface area (Å²) in [7, 11) is 1.60. The Bertz CT molecular complexity index is 945. The second-order valence-electron chi connectivity index (χ2n) is 4.66. The number of amides is 2. The van der Waals surface area contributed by atoms with E-state index >= 15 is 0 Å². The molecule has 124 valence electrons. The highest BCUT2D eigenvalue weighted by Crippen LogP contribution is 2.19. The highest BCUT2D eigenvalue weighted by molar-refractivity contribution is 7.99. The number of hydrogen-bond donors (Lipinski definition) is 2. The zero-order valence-corrected chi connectivity index (χ0v) is 14.1. The Morgan fingerprint density at radius 1 is 1.38 bits per heavy atom. The molecule has 0 aliphatic carbocycles. The highest BCUT2D eigenvalue weighted by Gasteiger charge is 2.13. The third-order valence-electron chi connectivity index (χ3n) is 3.04. The van der Waals surface area contributed by atoms with Gasteiger partial charge in [-0.25, -0.2) is 4.98 Å². The lowest BCUT2D eigenvalue weighted by Gasteiger charge is -2.08. The molecule has 0 aliphatic heterocycles. The molecule has 0 aliphatic rings. The monoisotopic (exact) mass is 364 g/mol. The lowest BCUT2D eigenvalue weighted by Crippen LogP contribution is -2.42. The van der Waals surface area contributed by atoms with Crippen LogP contribution in [0.15, 0.2) is 44.2 Å². The minimum Gasteiger partial charge on any atom is -0.459 e. The molecule has 0 spiro atoms. The van der Waals surface area contributed by atoms with Gasteiger partial charge in [0.05, 0.1) is 17.5 Å². The summed E-state index contributed by atoms with van der Waals surface area (Å²) in [4.78, 5) is 39.9. The van der Waals surface area contributed by atoms with Crippen molar-refractivity contribution in [2.45, 2.75) is 5.16 Å². The van der Waals surface area contributed by atoms with Gasteiger partial charge in [0.1, 0.15) is 4.70 Å². The Balaban J connectivity index is 1.59. The van der Waals surface area contributed by atoms with Crippen molar-refractivity contribution in [1.29, 1.82) is 0 Å². The zero-order valence-electron chi connectivity index (χ0n) is 12.4. The molecule has 0 saturated heterocycles. The van der Waals surface area contributed by atoms with Gasteiger partial charge in [-0.15, -0.1) is 11.3 Å². The molecule has 0 aromatic carbocycles. The minimum absolute atomic E-state index is 0.00560. The summed E-state index contributed by atoms with van der Waals surface area (Å²) >= 11 is 2.44. The molecular formula is C14H12N4O4S2. The van der Waals surface area contributed by atoms with Crippen molar-refractivity contribution >= 4 is 45.1 Å². The van der Waals surface area contributed by atoms with E-state index < -0.39 is 11.8 Å². The Morgan fingerprint density at radius 3 is 2.96 bits per heavy atom. The van der Waals surface area contributed by atoms with Crippen molar-refractivity contribution in [2.24, 2.45) is 7.05 Å². The fourth-order valence-electron chi connectivity index (χ4n) is 1.86. The average Bonchev–Trinajstić information content (AvgIpc) is 3.25. The number of nitrogens with one attached hydrogen (secondary N) is 2. The van der Waals surface area contributed by atoms with Gasteiger partial charge in [-0.1, -0.05) is 11.8 Å². The Morgan fingerprint density at radius 2 is 2.21 bits per heavy atom. The number of rotatable bonds is 4. The normalized spacial score (nSPS) is 10.7. The first-order valence-corrected chi connectivity index (χ1v) is 8.62. The van der Waals surface area contributed by atoms with E-state index in [4.69, 9.17) is 4.42 Å². The van der Waals surface area contributed by atoms with Crippen LogP contribution in [0.3, 0.4) is 0 Å². The lowest BCUT2D eigenvalue weighted by atomic mass is 10.4. The molecule has 0 radical (unpaired) electrons. The van der Waals surface area contributed by atoms with Gasteiger partial charge in [-0.05, 0) is 23.6 Å². The van der Waals surface area contributed by atoms with E-state index in [2.05, 4.69) is 15.8 Å². The predicted octanol–water partition coefficient (Wildman–Crippen LogP) is 1.14. The number of aromatic nitrogens is 2. The molecule has 3 heterocycles. The summed E-state index contributed by atoms with van der Waals surface area (Å²) in [6.45, 7) is 0. The fourth-order valence-corrected chi connectivity index (χ4v) is 3.44. The summed E-state index contributed by atoms with van der Waals surface area (Å²) in [6, 6.07) is 4.81. The molecule has 3 rings (SSSR count). The topological polar surface area (TPSA) is 106 Å². The van der Waals surface area contributed by atoms with Crippen molar-refractivity contribution < 1.29 is 14.0 Å². The number of thioether (sulfide) groups is 1. The van der Waals surface area contributed by atoms with Crippen molar-refractivity contribution in [2.75, 3.05) is 5.75 Å². The summed E-state index contributed by atoms with van der Waals surface area (Å²) in [5.74, 6) is -0.896. The van der Waals surface area contributed by atoms with E-state index in [-0.39, 0.29) is 17.1 Å². The predicted molar refractivity (Wildman–Crippen MR) is 89.9 cm³/mol. The molecule has 24 heavy (non-hydrogen) atoms. The van der Waals surface area contributed by atoms with Crippen molar-refractivity contribution in [1.82, 2.24) is 20.4 Å². The standard InChI is InChI=1S/C14H12N4O4S2/c1-18-13(21)11-8(4-6-23-11)15-14(18)24-7-10(19)16-17-12(20)9-3-2-5-22-9/h2-6H,7H2,1H3,(H,16,19)(H,17,20). The number of carbonyl (C=O) groups is 2. The molecule has 2 amide bonds. The number of nitrogens with zero attached hydrogens (tertiary/aromatic N) is 2. The SMILES string of the molecule is Cn1c(SCC(=O)NNC(=O)c2ccco2)nc2ccsc2c1=O. The van der Waals surface area contributed by atoms with Gasteiger partial charge in [-0.3, -0.25) is 29.8 Å². The van der Waals surface area contributed by atoms with Crippen LogP contribution in [-0.2, 0) is 11.8 Å². The van der Waals surface area contributed by atoms with Gasteiger partial charge >= 0.3 is 5.91 Å². The first kappa shape index (κ1) is 16.3. The molecular weight excluding hydrogens is 352 g/mol. The highest BCUT2D eigenvalue weighted by atomic mass is 32.2. The summed E-state index contributed by atoms with van der Waals surface area (Å²) < 4.78 is 6.88. The molecule has 8 nitrogen and oxygen atoms in total. The van der Waals surface area contributed by atoms with Crippen molar-refractivity contribution in [3.8, 4) is 0 Å². The number of carbonyl (C=O) groups excluding carboxylic acids is 2. The number of fused-ring (bicyclic) bond motifs is 1. The lowest BCUT2D eigenvalue weighted by molar-refractivity contribution is -0.119. The van der Waals surface area contributed by atoms with Crippen LogP contribution in [0.5, 0.6) is 0 Å². The van der Waals surface area contributed by atoms with Crippen LogP contribution < -0.4 is 16.4 Å². The maximum absolute atomic E-state index is 12.2. The van der Waals surface area contributed by atoms with E-state index in [1.54, 1.807) is 24.6 Å². The minimum atomic E-state index is -0.552. The molecule has 0 atom stereocenters. The van der Waals surface area contributed by atoms with Crippen LogP contribution in [0.2, 0.25) is 0 Å². The third-order valence-corrected chi connectivity index (χ3v) is 4.96. The van der Waals surface area contributed by atoms with Gasteiger partial charge in [0.2, 0.25) is 5.91 Å². The molecule has 2 N–H and O–H groups in total. The van der Waals surface area contributed by atoms with E-state index in [1.807, 2.05) is 0 Å². The molecule has 10 heteroatoms. The van der Waals surface area contributed by atoms with Crippen molar-refractivity contribution in [3.63, 3.8) is 0 Å². The Labute approximate surface area is 143 Å². The van der Waals surface area contributed by atoms with E-state index in [0.717, 1.165) is 11.8 Å². The zero-order chi connectivity index (χ0) is 17.1. The van der Waals surface area contributed by atoms with E-state index in [9.17, 15) is 14.4 Å². The maximum atomic E-state index is 12.2. The van der Waals surface area contributed by atoms with Crippen molar-refractivity contribution in [3.05, 3.63) is 46.0 Å². The van der Waals surface area contributed by atoms with Gasteiger partial charge in [0.15, 0.2) is 10.9 Å². The number of hydrogen-bond acceptors (Lipinski definition) is 7. The summed E-state index contributed by atoms with van der Waals surface area (Å²) in [6.07, 6.45) is 1.36. The number of furan rings is 1.